The first kappa shape index (κ1) is 25.2. The molecule has 184 valence electrons. The fourth-order valence-corrected chi connectivity index (χ4v) is 6.85. The molecular weight excluding hydrogens is 508 g/mol. The Morgan fingerprint density at radius 1 is 1.06 bits per heavy atom. The predicted molar refractivity (Wildman–Crippen MR) is 138 cm³/mol. The molecule has 10 heteroatoms. The number of esters is 1. The van der Waals surface area contributed by atoms with Crippen molar-refractivity contribution in [3.63, 3.8) is 0 Å². The number of carbonyl (C=O) groups is 2. The van der Waals surface area contributed by atoms with Crippen molar-refractivity contribution in [2.75, 3.05) is 22.8 Å². The molecule has 7 nitrogen and oxygen atoms in total. The highest BCUT2D eigenvalue weighted by Gasteiger charge is 2.30. The summed E-state index contributed by atoms with van der Waals surface area (Å²) in [5, 5.41) is 3.60. The molecule has 0 unspecified atom stereocenters. The molecule has 1 heterocycles. The molecule has 1 aliphatic carbocycles. The van der Waals surface area contributed by atoms with Crippen LogP contribution >= 0.6 is 22.9 Å². The van der Waals surface area contributed by atoms with Gasteiger partial charge in [0.15, 0.2) is 0 Å². The summed E-state index contributed by atoms with van der Waals surface area (Å²) in [6.45, 7) is 1.48. The molecule has 0 radical (unpaired) electrons. The van der Waals surface area contributed by atoms with Crippen LogP contribution in [0.2, 0.25) is 5.02 Å². The van der Waals surface area contributed by atoms with Crippen molar-refractivity contribution >= 4 is 55.5 Å². The van der Waals surface area contributed by atoms with Crippen molar-refractivity contribution in [3.8, 4) is 0 Å². The molecule has 1 N–H and O–H groups in total. The number of carbonyl (C=O) groups excluding carboxylic acids is 2. The number of benzene rings is 2. The number of amides is 1. The summed E-state index contributed by atoms with van der Waals surface area (Å²) in [7, 11) is -4.07. The van der Waals surface area contributed by atoms with Crippen LogP contribution in [0.3, 0.4) is 0 Å². The molecule has 0 saturated carbocycles. The molecule has 2 aromatic carbocycles. The quantitative estimate of drug-likeness (QED) is 0.398. The van der Waals surface area contributed by atoms with Gasteiger partial charge in [0.2, 0.25) is 5.91 Å². The molecule has 3 aromatic rings. The average Bonchev–Trinajstić information content (AvgIpc) is 3.21. The first-order chi connectivity index (χ1) is 16.8. The van der Waals surface area contributed by atoms with Gasteiger partial charge in [-0.1, -0.05) is 29.8 Å². The average molecular weight is 533 g/mol. The number of thiophene rings is 1. The highest BCUT2D eigenvalue weighted by molar-refractivity contribution is 7.92. The van der Waals surface area contributed by atoms with Crippen LogP contribution in [0.1, 0.15) is 40.6 Å². The van der Waals surface area contributed by atoms with Gasteiger partial charge in [-0.15, -0.1) is 11.3 Å². The summed E-state index contributed by atoms with van der Waals surface area (Å²) in [6, 6.07) is 14.2. The number of aryl methyl sites for hydroxylation is 1. The zero-order valence-corrected chi connectivity index (χ0v) is 21.5. The highest BCUT2D eigenvalue weighted by atomic mass is 35.5. The van der Waals surface area contributed by atoms with E-state index in [0.29, 0.717) is 21.3 Å². The lowest BCUT2D eigenvalue weighted by atomic mass is 9.95. The third kappa shape index (κ3) is 5.52. The monoisotopic (exact) mass is 532 g/mol. The Morgan fingerprint density at radius 3 is 2.43 bits per heavy atom. The first-order valence-corrected chi connectivity index (χ1v) is 13.9. The normalized spacial score (nSPS) is 13.1. The number of para-hydroxylation sites is 1. The van der Waals surface area contributed by atoms with Crippen molar-refractivity contribution in [3.05, 3.63) is 75.6 Å². The van der Waals surface area contributed by atoms with E-state index in [0.717, 1.165) is 40.4 Å². The molecule has 0 saturated heterocycles. The predicted octanol–water partition coefficient (Wildman–Crippen LogP) is 5.29. The lowest BCUT2D eigenvalue weighted by molar-refractivity contribution is -0.114. The molecule has 0 fully saturated rings. The van der Waals surface area contributed by atoms with Crippen LogP contribution < -0.4 is 9.62 Å². The zero-order chi connectivity index (χ0) is 25.0. The molecule has 0 atom stereocenters. The van der Waals surface area contributed by atoms with E-state index in [1.165, 1.54) is 35.6 Å². The number of rotatable bonds is 8. The molecule has 1 amide bonds. The lowest BCUT2D eigenvalue weighted by Crippen LogP contribution is -2.38. The summed E-state index contributed by atoms with van der Waals surface area (Å²) in [4.78, 5) is 27.0. The van der Waals surface area contributed by atoms with Gasteiger partial charge in [0, 0.05) is 9.90 Å². The molecule has 35 heavy (non-hydrogen) atoms. The van der Waals surface area contributed by atoms with Gasteiger partial charge in [-0.05, 0) is 74.6 Å². The maximum absolute atomic E-state index is 13.5. The number of anilines is 2. The van der Waals surface area contributed by atoms with E-state index < -0.39 is 28.4 Å². The number of fused-ring (bicyclic) bond motifs is 1. The van der Waals surface area contributed by atoms with Gasteiger partial charge in [0.1, 0.15) is 11.5 Å². The molecule has 1 aromatic heterocycles. The van der Waals surface area contributed by atoms with Gasteiger partial charge < -0.3 is 10.1 Å². The van der Waals surface area contributed by atoms with E-state index in [4.69, 9.17) is 16.3 Å². The van der Waals surface area contributed by atoms with Crippen LogP contribution in [0.4, 0.5) is 10.7 Å². The number of ether oxygens (including phenoxy) is 1. The second-order valence-corrected chi connectivity index (χ2v) is 11.4. The van der Waals surface area contributed by atoms with Gasteiger partial charge in [-0.3, -0.25) is 9.10 Å². The number of hydrogen-bond acceptors (Lipinski definition) is 6. The summed E-state index contributed by atoms with van der Waals surface area (Å²) < 4.78 is 33.3. The smallest absolute Gasteiger partial charge is 0.341 e. The van der Waals surface area contributed by atoms with Crippen LogP contribution in [-0.4, -0.2) is 33.4 Å². The lowest BCUT2D eigenvalue weighted by Gasteiger charge is -2.24. The van der Waals surface area contributed by atoms with Gasteiger partial charge in [-0.25, -0.2) is 13.2 Å². The number of sulfonamides is 1. The Bertz CT molecular complexity index is 1320. The van der Waals surface area contributed by atoms with E-state index in [2.05, 4.69) is 5.32 Å². The van der Waals surface area contributed by atoms with Gasteiger partial charge in [0.25, 0.3) is 10.0 Å². The maximum Gasteiger partial charge on any atom is 0.341 e. The molecule has 0 spiro atoms. The Labute approximate surface area is 213 Å². The van der Waals surface area contributed by atoms with Crippen LogP contribution in [0, 0.1) is 0 Å². The maximum atomic E-state index is 13.5. The van der Waals surface area contributed by atoms with E-state index in [1.54, 1.807) is 37.3 Å². The fraction of sp³-hybridized carbons (Fsp3) is 0.280. The summed E-state index contributed by atoms with van der Waals surface area (Å²) in [6.07, 6.45) is 3.56. The fourth-order valence-electron chi connectivity index (χ4n) is 4.01. The van der Waals surface area contributed by atoms with Crippen molar-refractivity contribution < 1.29 is 22.7 Å². The number of hydrogen-bond donors (Lipinski definition) is 1. The second kappa shape index (κ2) is 10.8. The largest absolute Gasteiger partial charge is 0.462 e. The summed E-state index contributed by atoms with van der Waals surface area (Å²) in [5.41, 5.74) is 1.64. The van der Waals surface area contributed by atoms with E-state index in [1.807, 2.05) is 0 Å². The Kier molecular flexibility index (Phi) is 7.78. The van der Waals surface area contributed by atoms with E-state index >= 15 is 0 Å². The van der Waals surface area contributed by atoms with Crippen LogP contribution in [0.25, 0.3) is 0 Å². The number of nitrogens with zero attached hydrogens (tertiary/aromatic N) is 1. The first-order valence-electron chi connectivity index (χ1n) is 11.3. The Balaban J connectivity index is 1.65. The van der Waals surface area contributed by atoms with Gasteiger partial charge in [0.05, 0.1) is 22.8 Å². The minimum atomic E-state index is -4.07. The molecule has 0 aliphatic heterocycles. The van der Waals surface area contributed by atoms with E-state index in [9.17, 15) is 18.0 Å². The summed E-state index contributed by atoms with van der Waals surface area (Å²) in [5.74, 6) is -1.04. The molecule has 4 rings (SSSR count). The SMILES string of the molecule is CCOC(=O)c1c(NC(=O)CN(c2ccccc2)S(=O)(=O)c2ccc(Cl)cc2)sc2c1CCCC2. The third-order valence-corrected chi connectivity index (χ3v) is 8.88. The van der Waals surface area contributed by atoms with E-state index in [-0.39, 0.29) is 11.5 Å². The minimum Gasteiger partial charge on any atom is -0.462 e. The minimum absolute atomic E-state index is 0.0114. The number of nitrogens with one attached hydrogen (secondary N) is 1. The zero-order valence-electron chi connectivity index (χ0n) is 19.1. The Morgan fingerprint density at radius 2 is 1.74 bits per heavy atom. The standard InChI is InChI=1S/C25H25ClN2O5S2/c1-2-33-25(30)23-20-10-6-7-11-21(20)34-24(23)27-22(29)16-28(18-8-4-3-5-9-18)35(31,32)19-14-12-17(26)13-15-19/h3-5,8-9,12-15H,2,6-7,10-11,16H2,1H3,(H,27,29). The highest BCUT2D eigenvalue weighted by Crippen LogP contribution is 2.38. The van der Waals surface area contributed by atoms with Crippen molar-refractivity contribution in [1.82, 2.24) is 0 Å². The van der Waals surface area contributed by atoms with Gasteiger partial charge in [-0.2, -0.15) is 0 Å². The molecule has 0 bridgehead atoms. The Hall–Kier alpha value is -2.88. The van der Waals surface area contributed by atoms with Crippen molar-refractivity contribution in [1.29, 1.82) is 0 Å². The topological polar surface area (TPSA) is 92.8 Å². The second-order valence-electron chi connectivity index (χ2n) is 7.98. The van der Waals surface area contributed by atoms with Crippen LogP contribution in [0.15, 0.2) is 59.5 Å². The third-order valence-electron chi connectivity index (χ3n) is 5.64. The van der Waals surface area contributed by atoms with Crippen LogP contribution in [0.5, 0.6) is 0 Å². The molecule has 1 aliphatic rings. The van der Waals surface area contributed by atoms with Crippen LogP contribution in [-0.2, 0) is 32.4 Å². The molecular formula is C25H25ClN2O5S2. The summed E-state index contributed by atoms with van der Waals surface area (Å²) >= 11 is 7.29. The number of halogens is 1. The van der Waals surface area contributed by atoms with Crippen molar-refractivity contribution in [2.45, 2.75) is 37.5 Å². The van der Waals surface area contributed by atoms with Crippen molar-refractivity contribution in [2.24, 2.45) is 0 Å². The van der Waals surface area contributed by atoms with Gasteiger partial charge >= 0.3 is 5.97 Å².